The number of carbonyl (C=O) groups is 1. The van der Waals surface area contributed by atoms with Gasteiger partial charge in [-0.25, -0.2) is 4.98 Å². The molecule has 0 bridgehead atoms. The smallest absolute Gasteiger partial charge is 0.287 e. The number of aromatic nitrogens is 2. The Morgan fingerprint density at radius 3 is 2.72 bits per heavy atom. The summed E-state index contributed by atoms with van der Waals surface area (Å²) in [6, 6.07) is 11.2. The first-order chi connectivity index (χ1) is 12.0. The van der Waals surface area contributed by atoms with Crippen molar-refractivity contribution >= 4 is 28.6 Å². The number of hydrogen-bond acceptors (Lipinski definition) is 6. The van der Waals surface area contributed by atoms with Crippen molar-refractivity contribution in [3.63, 3.8) is 0 Å². The van der Waals surface area contributed by atoms with Crippen LogP contribution in [-0.2, 0) is 0 Å². The third-order valence-corrected chi connectivity index (χ3v) is 3.64. The summed E-state index contributed by atoms with van der Waals surface area (Å²) in [7, 11) is 3.86. The average Bonchev–Trinajstić information content (AvgIpc) is 3.02. The number of nitrogens with one attached hydrogen (secondary N) is 2. The molecule has 2 heterocycles. The predicted molar refractivity (Wildman–Crippen MR) is 98.1 cm³/mol. The van der Waals surface area contributed by atoms with Gasteiger partial charge < -0.3 is 20.0 Å². The van der Waals surface area contributed by atoms with Crippen molar-refractivity contribution in [2.75, 3.05) is 37.4 Å². The molecule has 0 aliphatic rings. The zero-order valence-corrected chi connectivity index (χ0v) is 14.5. The van der Waals surface area contributed by atoms with Gasteiger partial charge in [-0.2, -0.15) is 4.98 Å². The van der Waals surface area contributed by atoms with Gasteiger partial charge in [-0.3, -0.25) is 4.79 Å². The highest BCUT2D eigenvalue weighted by molar-refractivity contribution is 5.96. The number of hydrogen-bond donors (Lipinski definition) is 2. The van der Waals surface area contributed by atoms with E-state index in [1.807, 2.05) is 56.3 Å². The zero-order valence-electron chi connectivity index (χ0n) is 14.5. The third kappa shape index (κ3) is 4.06. The van der Waals surface area contributed by atoms with Crippen LogP contribution < -0.4 is 15.5 Å². The monoisotopic (exact) mass is 339 g/mol. The molecule has 3 rings (SSSR count). The van der Waals surface area contributed by atoms with E-state index >= 15 is 0 Å². The second-order valence-corrected chi connectivity index (χ2v) is 5.92. The average molecular weight is 339 g/mol. The van der Waals surface area contributed by atoms with Gasteiger partial charge in [-0.05, 0) is 19.1 Å². The number of fused-ring (bicyclic) bond motifs is 1. The Labute approximate surface area is 146 Å². The van der Waals surface area contributed by atoms with Crippen LogP contribution in [0.4, 0.5) is 11.8 Å². The molecule has 1 amide bonds. The maximum atomic E-state index is 12.2. The van der Waals surface area contributed by atoms with E-state index in [0.29, 0.717) is 30.4 Å². The molecule has 130 valence electrons. The Morgan fingerprint density at radius 2 is 1.96 bits per heavy atom. The summed E-state index contributed by atoms with van der Waals surface area (Å²) in [6.07, 6.45) is 0. The van der Waals surface area contributed by atoms with Crippen LogP contribution in [0.5, 0.6) is 0 Å². The largest absolute Gasteiger partial charge is 0.451 e. The lowest BCUT2D eigenvalue weighted by atomic mass is 10.2. The van der Waals surface area contributed by atoms with Crippen LogP contribution in [-0.4, -0.2) is 43.1 Å². The first-order valence-electron chi connectivity index (χ1n) is 8.06. The molecule has 0 atom stereocenters. The lowest BCUT2D eigenvalue weighted by molar-refractivity contribution is 0.0929. The molecule has 0 aliphatic heterocycles. The van der Waals surface area contributed by atoms with Crippen LogP contribution in [0.3, 0.4) is 0 Å². The SMILES string of the molecule is Cc1cc(N(C)C)nc(NCCNC(=O)c2cc3ccccc3o2)n1. The maximum absolute atomic E-state index is 12.2. The standard InChI is InChI=1S/C18H21N5O2/c1-12-10-16(23(2)3)22-18(21-12)20-9-8-19-17(24)15-11-13-6-4-5-7-14(13)25-15/h4-7,10-11H,8-9H2,1-3H3,(H,19,24)(H,20,21,22). The molecule has 0 fully saturated rings. The molecule has 0 unspecified atom stereocenters. The highest BCUT2D eigenvalue weighted by Gasteiger charge is 2.11. The maximum Gasteiger partial charge on any atom is 0.287 e. The van der Waals surface area contributed by atoms with Crippen molar-refractivity contribution in [3.05, 3.63) is 47.9 Å². The van der Waals surface area contributed by atoms with Gasteiger partial charge >= 0.3 is 0 Å². The van der Waals surface area contributed by atoms with E-state index in [1.165, 1.54) is 0 Å². The minimum Gasteiger partial charge on any atom is -0.451 e. The van der Waals surface area contributed by atoms with E-state index in [-0.39, 0.29) is 5.91 Å². The molecular weight excluding hydrogens is 318 g/mol. The van der Waals surface area contributed by atoms with Gasteiger partial charge in [-0.1, -0.05) is 18.2 Å². The fourth-order valence-corrected chi connectivity index (χ4v) is 2.39. The second-order valence-electron chi connectivity index (χ2n) is 5.92. The fourth-order valence-electron chi connectivity index (χ4n) is 2.39. The van der Waals surface area contributed by atoms with Crippen molar-refractivity contribution < 1.29 is 9.21 Å². The Balaban J connectivity index is 1.53. The van der Waals surface area contributed by atoms with Crippen LogP contribution in [0.15, 0.2) is 40.8 Å². The first-order valence-corrected chi connectivity index (χ1v) is 8.06. The summed E-state index contributed by atoms with van der Waals surface area (Å²) in [6.45, 7) is 2.87. The summed E-state index contributed by atoms with van der Waals surface area (Å²) in [5.41, 5.74) is 1.59. The molecule has 1 aromatic carbocycles. The molecule has 0 saturated carbocycles. The first kappa shape index (κ1) is 16.8. The van der Waals surface area contributed by atoms with Gasteiger partial charge in [0.15, 0.2) is 5.76 Å². The second kappa shape index (κ2) is 7.21. The van der Waals surface area contributed by atoms with Crippen molar-refractivity contribution in [3.8, 4) is 0 Å². The molecule has 3 aromatic rings. The molecule has 2 N–H and O–H groups in total. The van der Waals surface area contributed by atoms with E-state index in [9.17, 15) is 4.79 Å². The summed E-state index contributed by atoms with van der Waals surface area (Å²) >= 11 is 0. The minimum atomic E-state index is -0.239. The number of rotatable bonds is 6. The normalized spacial score (nSPS) is 10.7. The van der Waals surface area contributed by atoms with Gasteiger partial charge in [0.1, 0.15) is 11.4 Å². The van der Waals surface area contributed by atoms with Gasteiger partial charge in [0.25, 0.3) is 5.91 Å². The van der Waals surface area contributed by atoms with Crippen LogP contribution in [0.1, 0.15) is 16.2 Å². The molecule has 7 heteroatoms. The Kier molecular flexibility index (Phi) is 4.83. The van der Waals surface area contributed by atoms with Crippen LogP contribution in [0.2, 0.25) is 0 Å². The molecule has 0 radical (unpaired) electrons. The quantitative estimate of drug-likeness (QED) is 0.671. The highest BCUT2D eigenvalue weighted by Crippen LogP contribution is 2.18. The molecular formula is C18H21N5O2. The number of para-hydroxylation sites is 1. The molecule has 7 nitrogen and oxygen atoms in total. The minimum absolute atomic E-state index is 0.239. The highest BCUT2D eigenvalue weighted by atomic mass is 16.3. The zero-order chi connectivity index (χ0) is 17.8. The van der Waals surface area contributed by atoms with Crippen molar-refractivity contribution in [1.29, 1.82) is 0 Å². The van der Waals surface area contributed by atoms with Gasteiger partial charge in [0, 0.05) is 44.3 Å². The molecule has 0 aliphatic carbocycles. The summed E-state index contributed by atoms with van der Waals surface area (Å²) in [4.78, 5) is 22.8. The lowest BCUT2D eigenvalue weighted by Crippen LogP contribution is -2.28. The number of carbonyl (C=O) groups excluding carboxylic acids is 1. The number of benzene rings is 1. The molecule has 0 saturated heterocycles. The Morgan fingerprint density at radius 1 is 1.16 bits per heavy atom. The summed E-state index contributed by atoms with van der Waals surface area (Å²) in [5, 5.41) is 6.85. The molecule has 0 spiro atoms. The van der Waals surface area contributed by atoms with Gasteiger partial charge in [0.05, 0.1) is 0 Å². The summed E-state index contributed by atoms with van der Waals surface area (Å²) < 4.78 is 5.54. The van der Waals surface area contributed by atoms with Crippen molar-refractivity contribution in [2.45, 2.75) is 6.92 Å². The number of aryl methyl sites for hydroxylation is 1. The van der Waals surface area contributed by atoms with Crippen LogP contribution in [0, 0.1) is 6.92 Å². The number of amides is 1. The summed E-state index contributed by atoms with van der Waals surface area (Å²) in [5.74, 6) is 1.45. The molecule has 25 heavy (non-hydrogen) atoms. The number of furan rings is 1. The number of anilines is 2. The van der Waals surface area contributed by atoms with E-state index in [0.717, 1.165) is 16.9 Å². The number of nitrogens with zero attached hydrogens (tertiary/aromatic N) is 3. The Bertz CT molecular complexity index is 855. The van der Waals surface area contributed by atoms with Crippen molar-refractivity contribution in [1.82, 2.24) is 15.3 Å². The predicted octanol–water partition coefficient (Wildman–Crippen LogP) is 2.44. The third-order valence-electron chi connectivity index (χ3n) is 3.64. The van der Waals surface area contributed by atoms with Gasteiger partial charge in [0.2, 0.25) is 5.95 Å². The van der Waals surface area contributed by atoms with E-state index in [1.54, 1.807) is 6.07 Å². The van der Waals surface area contributed by atoms with Crippen LogP contribution >= 0.6 is 0 Å². The van der Waals surface area contributed by atoms with E-state index < -0.39 is 0 Å². The van der Waals surface area contributed by atoms with Crippen molar-refractivity contribution in [2.24, 2.45) is 0 Å². The topological polar surface area (TPSA) is 83.3 Å². The van der Waals surface area contributed by atoms with Crippen LogP contribution in [0.25, 0.3) is 11.0 Å². The Hall–Kier alpha value is -3.09. The van der Waals surface area contributed by atoms with Gasteiger partial charge in [-0.15, -0.1) is 0 Å². The van der Waals surface area contributed by atoms with E-state index in [2.05, 4.69) is 20.6 Å². The lowest BCUT2D eigenvalue weighted by Gasteiger charge is -2.13. The van der Waals surface area contributed by atoms with E-state index in [4.69, 9.17) is 4.42 Å². The molecule has 2 aromatic heterocycles. The fraction of sp³-hybridized carbons (Fsp3) is 0.278.